The quantitative estimate of drug-likeness (QED) is 0.632. The maximum absolute atomic E-state index is 13.0. The highest BCUT2D eigenvalue weighted by Crippen LogP contribution is 2.34. The van der Waals surface area contributed by atoms with Gasteiger partial charge in [0.15, 0.2) is 0 Å². The van der Waals surface area contributed by atoms with E-state index in [1.807, 2.05) is 12.1 Å². The smallest absolute Gasteiger partial charge is 0.338 e. The van der Waals surface area contributed by atoms with Crippen LogP contribution in [0.4, 0.5) is 4.39 Å². The Hall–Kier alpha value is -0.960. The molecular formula is C16H14Cl3FO. The summed E-state index contributed by atoms with van der Waals surface area (Å²) >= 11 is 16.7. The number of halogens is 4. The Bertz CT molecular complexity index is 601. The van der Waals surface area contributed by atoms with Crippen molar-refractivity contribution < 1.29 is 9.13 Å². The molecule has 0 amide bonds. The Morgan fingerprint density at radius 2 is 1.24 bits per heavy atom. The van der Waals surface area contributed by atoms with Crippen LogP contribution in [-0.4, -0.2) is 3.98 Å². The Labute approximate surface area is 138 Å². The molecule has 5 heteroatoms. The number of alkyl halides is 3. The van der Waals surface area contributed by atoms with Crippen molar-refractivity contribution in [2.24, 2.45) is 0 Å². The molecule has 2 aromatic rings. The molecule has 0 atom stereocenters. The molecule has 0 aromatic heterocycles. The minimum Gasteiger partial charge on any atom is -0.446 e. The number of ether oxygens (including phenoxy) is 1. The van der Waals surface area contributed by atoms with Crippen LogP contribution in [0.3, 0.4) is 0 Å². The number of benzene rings is 2. The highest BCUT2D eigenvalue weighted by atomic mass is 35.6. The first-order chi connectivity index (χ1) is 9.68. The van der Waals surface area contributed by atoms with Crippen molar-refractivity contribution in [3.63, 3.8) is 0 Å². The highest BCUT2D eigenvalue weighted by molar-refractivity contribution is 6.66. The monoisotopic (exact) mass is 346 g/mol. The zero-order valence-electron chi connectivity index (χ0n) is 11.5. The van der Waals surface area contributed by atoms with Gasteiger partial charge in [0.2, 0.25) is 0 Å². The van der Waals surface area contributed by atoms with Gasteiger partial charge in [-0.15, -0.1) is 0 Å². The van der Waals surface area contributed by atoms with E-state index in [1.54, 1.807) is 24.3 Å². The average Bonchev–Trinajstić information content (AvgIpc) is 2.38. The SMILES string of the molecule is CC(C)(c1ccc(F)cc1)c1ccc(OC(Cl)(Cl)Cl)cc1. The van der Waals surface area contributed by atoms with Gasteiger partial charge in [-0.3, -0.25) is 0 Å². The van der Waals surface area contributed by atoms with Gasteiger partial charge in [0, 0.05) is 5.41 Å². The zero-order chi connectivity index (χ0) is 15.7. The summed E-state index contributed by atoms with van der Waals surface area (Å²) in [5, 5.41) is 0. The molecule has 0 spiro atoms. The number of hydrogen-bond donors (Lipinski definition) is 0. The molecule has 0 radical (unpaired) electrons. The predicted molar refractivity (Wildman–Crippen MR) is 85.9 cm³/mol. The van der Waals surface area contributed by atoms with Crippen LogP contribution in [0, 0.1) is 5.82 Å². The van der Waals surface area contributed by atoms with Crippen molar-refractivity contribution in [2.75, 3.05) is 0 Å². The van der Waals surface area contributed by atoms with E-state index in [-0.39, 0.29) is 11.2 Å². The maximum Gasteiger partial charge on any atom is 0.338 e. The van der Waals surface area contributed by atoms with Crippen molar-refractivity contribution in [1.29, 1.82) is 0 Å². The fourth-order valence-corrected chi connectivity index (χ4v) is 2.37. The third-order valence-corrected chi connectivity index (χ3v) is 3.61. The van der Waals surface area contributed by atoms with Crippen molar-refractivity contribution in [3.8, 4) is 5.75 Å². The van der Waals surface area contributed by atoms with Crippen LogP contribution in [0.15, 0.2) is 48.5 Å². The van der Waals surface area contributed by atoms with Crippen LogP contribution < -0.4 is 4.74 Å². The number of hydrogen-bond acceptors (Lipinski definition) is 1. The van der Waals surface area contributed by atoms with Gasteiger partial charge in [-0.1, -0.05) is 38.1 Å². The fourth-order valence-electron chi connectivity index (χ4n) is 2.11. The summed E-state index contributed by atoms with van der Waals surface area (Å²) in [6.45, 7) is 4.12. The first-order valence-electron chi connectivity index (χ1n) is 6.31. The fraction of sp³-hybridized carbons (Fsp3) is 0.250. The molecule has 0 unspecified atom stereocenters. The third-order valence-electron chi connectivity index (χ3n) is 3.38. The summed E-state index contributed by atoms with van der Waals surface area (Å²) in [5.74, 6) is 0.217. The molecule has 2 rings (SSSR count). The van der Waals surface area contributed by atoms with Gasteiger partial charge in [0.25, 0.3) is 0 Å². The van der Waals surface area contributed by atoms with E-state index < -0.39 is 3.98 Å². The lowest BCUT2D eigenvalue weighted by molar-refractivity contribution is 0.320. The highest BCUT2D eigenvalue weighted by Gasteiger charge is 2.25. The molecule has 0 fully saturated rings. The molecular weight excluding hydrogens is 334 g/mol. The molecule has 0 heterocycles. The first-order valence-corrected chi connectivity index (χ1v) is 7.44. The summed E-state index contributed by atoms with van der Waals surface area (Å²) in [6, 6.07) is 13.7. The van der Waals surface area contributed by atoms with Gasteiger partial charge in [0.05, 0.1) is 0 Å². The molecule has 21 heavy (non-hydrogen) atoms. The standard InChI is InChI=1S/C16H14Cl3FO/c1-15(2,11-3-7-13(20)8-4-11)12-5-9-14(10-6-12)21-16(17,18)19/h3-10H,1-2H3. The molecule has 0 saturated carbocycles. The van der Waals surface area contributed by atoms with Crippen LogP contribution in [0.25, 0.3) is 0 Å². The van der Waals surface area contributed by atoms with Gasteiger partial charge in [-0.2, -0.15) is 0 Å². The zero-order valence-corrected chi connectivity index (χ0v) is 13.8. The van der Waals surface area contributed by atoms with E-state index in [9.17, 15) is 4.39 Å². The topological polar surface area (TPSA) is 9.23 Å². The van der Waals surface area contributed by atoms with E-state index in [2.05, 4.69) is 13.8 Å². The van der Waals surface area contributed by atoms with Gasteiger partial charge in [-0.05, 0) is 70.2 Å². The first kappa shape index (κ1) is 16.4. The minimum atomic E-state index is -1.78. The lowest BCUT2D eigenvalue weighted by Gasteiger charge is -2.26. The van der Waals surface area contributed by atoms with Crippen LogP contribution in [-0.2, 0) is 5.41 Å². The second-order valence-electron chi connectivity index (χ2n) is 5.20. The molecule has 0 N–H and O–H groups in total. The van der Waals surface area contributed by atoms with Crippen LogP contribution in [0.1, 0.15) is 25.0 Å². The average molecular weight is 348 g/mol. The van der Waals surface area contributed by atoms with E-state index in [1.165, 1.54) is 12.1 Å². The van der Waals surface area contributed by atoms with Crippen LogP contribution in [0.2, 0.25) is 0 Å². The van der Waals surface area contributed by atoms with Crippen LogP contribution in [0.5, 0.6) is 5.75 Å². The van der Waals surface area contributed by atoms with E-state index in [4.69, 9.17) is 39.5 Å². The van der Waals surface area contributed by atoms with Crippen molar-refractivity contribution >= 4 is 34.8 Å². The normalized spacial score (nSPS) is 12.3. The van der Waals surface area contributed by atoms with Gasteiger partial charge in [0.1, 0.15) is 11.6 Å². The van der Waals surface area contributed by atoms with Crippen molar-refractivity contribution in [1.82, 2.24) is 0 Å². The largest absolute Gasteiger partial charge is 0.446 e. The molecule has 0 bridgehead atoms. The molecule has 1 nitrogen and oxygen atoms in total. The maximum atomic E-state index is 13.0. The summed E-state index contributed by atoms with van der Waals surface area (Å²) in [4.78, 5) is 0. The summed E-state index contributed by atoms with van der Waals surface area (Å²) < 4.78 is 16.4. The van der Waals surface area contributed by atoms with Gasteiger partial charge < -0.3 is 4.74 Å². The summed E-state index contributed by atoms with van der Waals surface area (Å²) in [5.41, 5.74) is 1.79. The predicted octanol–water partition coefficient (Wildman–Crippen LogP) is 5.86. The minimum absolute atomic E-state index is 0.249. The lowest BCUT2D eigenvalue weighted by atomic mass is 9.78. The molecule has 112 valence electrons. The Morgan fingerprint density at radius 1 is 0.810 bits per heavy atom. The molecule has 0 aliphatic carbocycles. The van der Waals surface area contributed by atoms with E-state index in [0.717, 1.165) is 11.1 Å². The van der Waals surface area contributed by atoms with Gasteiger partial charge in [-0.25, -0.2) is 4.39 Å². The summed E-state index contributed by atoms with van der Waals surface area (Å²) in [6.07, 6.45) is 0. The Balaban J connectivity index is 2.26. The second kappa shape index (κ2) is 6.04. The Morgan fingerprint density at radius 3 is 1.67 bits per heavy atom. The van der Waals surface area contributed by atoms with E-state index in [0.29, 0.717) is 5.75 Å². The lowest BCUT2D eigenvalue weighted by Crippen LogP contribution is -2.19. The molecule has 2 aromatic carbocycles. The van der Waals surface area contributed by atoms with Crippen LogP contribution >= 0.6 is 34.8 Å². The Kier molecular flexibility index (Phi) is 4.72. The molecule has 0 saturated heterocycles. The molecule has 0 aliphatic rings. The molecule has 0 aliphatic heterocycles. The van der Waals surface area contributed by atoms with Gasteiger partial charge >= 0.3 is 3.98 Å². The number of rotatable bonds is 3. The summed E-state index contributed by atoms with van der Waals surface area (Å²) in [7, 11) is 0. The van der Waals surface area contributed by atoms with Crippen molar-refractivity contribution in [3.05, 3.63) is 65.5 Å². The third kappa shape index (κ3) is 4.26. The van der Waals surface area contributed by atoms with Crippen molar-refractivity contribution in [2.45, 2.75) is 23.2 Å². The second-order valence-corrected chi connectivity index (χ2v) is 7.38. The van der Waals surface area contributed by atoms with E-state index >= 15 is 0 Å².